The summed E-state index contributed by atoms with van der Waals surface area (Å²) in [7, 11) is -9.85. The van der Waals surface area contributed by atoms with Crippen LogP contribution in [-0.2, 0) is 36.7 Å². The number of imidazole rings is 1. The Kier molecular flexibility index (Phi) is 9.79. The Balaban J connectivity index is 1.19. The SMILES string of the molecule is Cc1cn2c(=O)n(c1=O)-c1nc3c(=O)[nH]c(N)nc3n1[C@H]1C[C@H](OP(=O)(O)OC[C@H]3O[C@@H](n4ccc(N)nc4=O)CC3OP(=O)(O)OC[C@@H]3CC[C@H]2C3)[C@@H](C)O1. The summed E-state index contributed by atoms with van der Waals surface area (Å²) >= 11 is 0. The molecule has 56 heavy (non-hydrogen) atoms. The van der Waals surface area contributed by atoms with Gasteiger partial charge in [-0.3, -0.25) is 46.4 Å². The van der Waals surface area contributed by atoms with Gasteiger partial charge in [-0.2, -0.15) is 14.5 Å². The molecule has 7 N–H and O–H groups in total. The highest BCUT2D eigenvalue weighted by Gasteiger charge is 2.46. The van der Waals surface area contributed by atoms with Gasteiger partial charge >= 0.3 is 27.0 Å². The topological polar surface area (TPSA) is 324 Å². The molecule has 3 unspecified atom stereocenters. The standard InChI is InChI=1S/C30H38N10O14P2/c1-13-10-38-16-4-3-15(7-16)11-49-55(45,46)54-18-9-21(37-6-5-20(31)33-29(37)43)52-19(18)12-50-56(47,48)53-17-8-22(51-14(17)2)39-24-23(25(41)36-27(32)35-24)34-28(39)40(26(13)42)30(38)44/h5-6,10,14-19,21-22H,3-4,7-9,11-12H2,1-2H3,(H,45,46)(H,47,48)(H2,31,33,43)(H3,32,35,36,41)/t14-,15-,16+,17+,18?,19-,21-,22-/m1/s1. The van der Waals surface area contributed by atoms with Gasteiger partial charge in [0, 0.05) is 36.8 Å². The van der Waals surface area contributed by atoms with Crippen LogP contribution < -0.4 is 34.0 Å². The number of aromatic nitrogens is 8. The zero-order valence-corrected chi connectivity index (χ0v) is 31.6. The van der Waals surface area contributed by atoms with Crippen LogP contribution in [0.3, 0.4) is 0 Å². The Bertz CT molecular complexity index is 2550. The van der Waals surface area contributed by atoms with E-state index in [0.717, 1.165) is 9.13 Å². The molecule has 4 aromatic heterocycles. The van der Waals surface area contributed by atoms with Crippen LogP contribution in [0.2, 0.25) is 0 Å². The van der Waals surface area contributed by atoms with Crippen molar-refractivity contribution in [3.05, 3.63) is 65.7 Å². The van der Waals surface area contributed by atoms with E-state index in [2.05, 4.69) is 19.9 Å². The summed E-state index contributed by atoms with van der Waals surface area (Å²) in [5.74, 6) is -1.01. The molecule has 6 bridgehead atoms. The summed E-state index contributed by atoms with van der Waals surface area (Å²) in [4.78, 5) is 90.1. The summed E-state index contributed by atoms with van der Waals surface area (Å²) in [6.07, 6.45) is -3.49. The number of phosphoric ester groups is 2. The quantitative estimate of drug-likeness (QED) is 0.159. The Morgan fingerprint density at radius 3 is 2.34 bits per heavy atom. The van der Waals surface area contributed by atoms with Crippen molar-refractivity contribution in [3.63, 3.8) is 0 Å². The highest BCUT2D eigenvalue weighted by atomic mass is 31.2. The molecule has 7 heterocycles. The van der Waals surface area contributed by atoms with E-state index in [4.69, 9.17) is 39.0 Å². The number of phosphoric acid groups is 2. The van der Waals surface area contributed by atoms with Gasteiger partial charge in [-0.25, -0.2) is 23.7 Å². The minimum Gasteiger partial charge on any atom is -0.383 e. The van der Waals surface area contributed by atoms with Gasteiger partial charge in [-0.15, -0.1) is 0 Å². The molecule has 4 aromatic rings. The number of hydrogen-bond donors (Lipinski definition) is 5. The lowest BCUT2D eigenvalue weighted by Crippen LogP contribution is -2.42. The molecule has 3 fully saturated rings. The number of fused-ring (bicyclic) bond motifs is 13. The number of anilines is 2. The average molecular weight is 825 g/mol. The first-order chi connectivity index (χ1) is 26.5. The highest BCUT2D eigenvalue weighted by Crippen LogP contribution is 2.52. The summed E-state index contributed by atoms with van der Waals surface area (Å²) in [6, 6.07) is 0.857. The third-order valence-electron chi connectivity index (χ3n) is 10.3. The van der Waals surface area contributed by atoms with Crippen LogP contribution in [0.15, 0.2) is 37.6 Å². The Labute approximate surface area is 314 Å². The van der Waals surface area contributed by atoms with Crippen molar-refractivity contribution in [2.45, 2.75) is 88.9 Å². The predicted molar refractivity (Wildman–Crippen MR) is 190 cm³/mol. The van der Waals surface area contributed by atoms with Crippen LogP contribution in [0.1, 0.15) is 63.1 Å². The smallest absolute Gasteiger partial charge is 0.383 e. The van der Waals surface area contributed by atoms with E-state index in [1.165, 1.54) is 41.4 Å². The maximum Gasteiger partial charge on any atom is 0.472 e. The zero-order chi connectivity index (χ0) is 39.8. The van der Waals surface area contributed by atoms with E-state index in [1.54, 1.807) is 0 Å². The summed E-state index contributed by atoms with van der Waals surface area (Å²) in [5, 5.41) is 0. The van der Waals surface area contributed by atoms with Crippen molar-refractivity contribution >= 4 is 38.6 Å². The fourth-order valence-electron chi connectivity index (χ4n) is 7.62. The number of aryl methyl sites for hydroxylation is 1. The molecule has 1 aliphatic carbocycles. The van der Waals surface area contributed by atoms with E-state index in [-0.39, 0.29) is 59.8 Å². The molecule has 26 heteroatoms. The molecule has 302 valence electrons. The number of hydrogen-bond acceptors (Lipinski definition) is 17. The number of nitrogens with one attached hydrogen (secondary N) is 1. The highest BCUT2D eigenvalue weighted by molar-refractivity contribution is 7.47. The Morgan fingerprint density at radius 1 is 0.875 bits per heavy atom. The number of H-pyrrole nitrogens is 1. The second-order valence-corrected chi connectivity index (χ2v) is 16.9. The molecule has 0 radical (unpaired) electrons. The lowest BCUT2D eigenvalue weighted by Gasteiger charge is -2.24. The molecule has 4 aliphatic rings. The minimum atomic E-state index is -5.00. The first kappa shape index (κ1) is 38.5. The van der Waals surface area contributed by atoms with Gasteiger partial charge in [-0.05, 0) is 45.1 Å². The van der Waals surface area contributed by atoms with Gasteiger partial charge < -0.3 is 30.7 Å². The first-order valence-corrected chi connectivity index (χ1v) is 20.6. The maximum absolute atomic E-state index is 14.3. The number of nitrogen functional groups attached to an aromatic ring is 2. The average Bonchev–Trinajstić information content (AvgIpc) is 3.90. The molecule has 0 aromatic carbocycles. The third-order valence-corrected chi connectivity index (χ3v) is 12.3. The molecule has 10 atom stereocenters. The largest absolute Gasteiger partial charge is 0.472 e. The van der Waals surface area contributed by atoms with E-state index in [9.17, 15) is 38.1 Å². The van der Waals surface area contributed by atoms with Crippen molar-refractivity contribution in [2.75, 3.05) is 24.7 Å². The van der Waals surface area contributed by atoms with E-state index >= 15 is 0 Å². The van der Waals surface area contributed by atoms with Gasteiger partial charge in [0.05, 0.1) is 25.4 Å². The predicted octanol–water partition coefficient (Wildman–Crippen LogP) is 0.116. The van der Waals surface area contributed by atoms with Crippen molar-refractivity contribution in [2.24, 2.45) is 5.92 Å². The molecular formula is C30H38N10O14P2. The van der Waals surface area contributed by atoms with Crippen LogP contribution in [-0.4, -0.2) is 85.6 Å². The van der Waals surface area contributed by atoms with Crippen LogP contribution in [0.25, 0.3) is 17.1 Å². The van der Waals surface area contributed by atoms with Crippen molar-refractivity contribution in [1.82, 2.24) is 38.2 Å². The minimum absolute atomic E-state index is 0.0517. The van der Waals surface area contributed by atoms with Crippen LogP contribution >= 0.6 is 15.6 Å². The van der Waals surface area contributed by atoms with Crippen molar-refractivity contribution in [1.29, 1.82) is 0 Å². The normalized spacial score (nSPS) is 33.9. The van der Waals surface area contributed by atoms with E-state index in [1.807, 2.05) is 0 Å². The second kappa shape index (κ2) is 14.2. The number of nitrogens with two attached hydrogens (primary N) is 2. The number of ether oxygens (including phenoxy) is 2. The molecule has 0 amide bonds. The lowest BCUT2D eigenvalue weighted by atomic mass is 10.1. The third kappa shape index (κ3) is 7.21. The fraction of sp³-hybridized carbons (Fsp3) is 0.567. The fourth-order valence-corrected chi connectivity index (χ4v) is 9.64. The van der Waals surface area contributed by atoms with Gasteiger partial charge in [0.25, 0.3) is 11.1 Å². The van der Waals surface area contributed by atoms with Gasteiger partial charge in [-0.1, -0.05) is 0 Å². The number of rotatable bonds is 1. The molecule has 2 saturated heterocycles. The zero-order valence-electron chi connectivity index (χ0n) is 29.8. The lowest BCUT2D eigenvalue weighted by molar-refractivity contribution is -0.0506. The van der Waals surface area contributed by atoms with Crippen molar-refractivity contribution < 1.29 is 46.5 Å². The number of aromatic amines is 1. The van der Waals surface area contributed by atoms with Gasteiger partial charge in [0.15, 0.2) is 11.2 Å². The Hall–Kier alpha value is -4.35. The summed E-state index contributed by atoms with van der Waals surface area (Å²) in [6.45, 7) is 2.06. The molecule has 0 spiro atoms. The van der Waals surface area contributed by atoms with Crippen LogP contribution in [0, 0.1) is 12.8 Å². The summed E-state index contributed by atoms with van der Waals surface area (Å²) < 4.78 is 65.1. The van der Waals surface area contributed by atoms with E-state index in [0.29, 0.717) is 19.3 Å². The Morgan fingerprint density at radius 2 is 1.59 bits per heavy atom. The molecular weight excluding hydrogens is 786 g/mol. The van der Waals surface area contributed by atoms with E-state index < -0.39 is 87.7 Å². The molecule has 1 saturated carbocycles. The molecule has 24 nitrogen and oxygen atoms in total. The van der Waals surface area contributed by atoms with Gasteiger partial charge in [0.1, 0.15) is 30.5 Å². The molecule has 3 aliphatic heterocycles. The number of nitrogens with zero attached hydrogens (tertiary/aromatic N) is 7. The van der Waals surface area contributed by atoms with Crippen molar-refractivity contribution in [3.8, 4) is 5.95 Å². The monoisotopic (exact) mass is 824 g/mol. The summed E-state index contributed by atoms with van der Waals surface area (Å²) in [5.41, 5.74) is 8.16. The molecule has 8 rings (SSSR count). The second-order valence-electron chi connectivity index (χ2n) is 14.1. The maximum atomic E-state index is 14.3. The van der Waals surface area contributed by atoms with Crippen LogP contribution in [0.4, 0.5) is 11.8 Å². The first-order valence-electron chi connectivity index (χ1n) is 17.6. The van der Waals surface area contributed by atoms with Gasteiger partial charge in [0.2, 0.25) is 11.9 Å². The van der Waals surface area contributed by atoms with Crippen LogP contribution in [0.5, 0.6) is 0 Å².